The van der Waals surface area contributed by atoms with Gasteiger partial charge in [-0.1, -0.05) is 47.5 Å². The highest BCUT2D eigenvalue weighted by molar-refractivity contribution is 4.98. The van der Waals surface area contributed by atoms with Crippen LogP contribution in [0.15, 0.2) is 0 Å². The van der Waals surface area contributed by atoms with Crippen LogP contribution in [0.3, 0.4) is 0 Å². The summed E-state index contributed by atoms with van der Waals surface area (Å²) in [6.45, 7) is 12.2. The second kappa shape index (κ2) is 4.03. The molecular formula is C16H30. The maximum Gasteiger partial charge on any atom is -0.0292 e. The minimum atomic E-state index is 0.493. The summed E-state index contributed by atoms with van der Waals surface area (Å²) in [5.74, 6) is 3.22. The molecule has 2 rings (SSSR count). The maximum atomic E-state index is 2.57. The Morgan fingerprint density at radius 3 is 2.06 bits per heavy atom. The molecule has 2 saturated carbocycles. The van der Waals surface area contributed by atoms with Gasteiger partial charge in [0.25, 0.3) is 0 Å². The smallest absolute Gasteiger partial charge is 0.0292 e. The molecule has 0 saturated heterocycles. The van der Waals surface area contributed by atoms with Crippen LogP contribution in [0, 0.1) is 28.6 Å². The Labute approximate surface area is 102 Å². The van der Waals surface area contributed by atoms with Gasteiger partial charge >= 0.3 is 0 Å². The SMILES string of the molecule is CCC(C)(CC(C)(C)C)C1CC2CCC1C2. The molecule has 2 aliphatic carbocycles. The van der Waals surface area contributed by atoms with Gasteiger partial charge in [0.15, 0.2) is 0 Å². The fourth-order valence-corrected chi connectivity index (χ4v) is 4.83. The lowest BCUT2D eigenvalue weighted by Gasteiger charge is -2.43. The van der Waals surface area contributed by atoms with E-state index >= 15 is 0 Å². The van der Waals surface area contributed by atoms with Crippen LogP contribution in [0.1, 0.15) is 73.1 Å². The van der Waals surface area contributed by atoms with Crippen molar-refractivity contribution in [2.45, 2.75) is 73.1 Å². The van der Waals surface area contributed by atoms with Gasteiger partial charge in [-0.25, -0.2) is 0 Å². The molecule has 0 heteroatoms. The van der Waals surface area contributed by atoms with Crippen molar-refractivity contribution in [1.29, 1.82) is 0 Å². The molecule has 0 aliphatic heterocycles. The van der Waals surface area contributed by atoms with Gasteiger partial charge in [0.05, 0.1) is 0 Å². The molecule has 0 nitrogen and oxygen atoms in total. The van der Waals surface area contributed by atoms with E-state index in [1.807, 2.05) is 0 Å². The first-order valence-electron chi connectivity index (χ1n) is 7.34. The lowest BCUT2D eigenvalue weighted by atomic mass is 9.62. The zero-order valence-electron chi connectivity index (χ0n) is 12.0. The molecule has 2 aliphatic rings. The number of hydrogen-bond donors (Lipinski definition) is 0. The van der Waals surface area contributed by atoms with Gasteiger partial charge in [0, 0.05) is 0 Å². The van der Waals surface area contributed by atoms with Gasteiger partial charge < -0.3 is 0 Å². The normalized spacial score (nSPS) is 37.7. The molecule has 0 radical (unpaired) electrons. The molecule has 0 aromatic rings. The third-order valence-electron chi connectivity index (χ3n) is 5.38. The minimum Gasteiger partial charge on any atom is -0.0649 e. The van der Waals surface area contributed by atoms with Crippen molar-refractivity contribution in [3.05, 3.63) is 0 Å². The van der Waals surface area contributed by atoms with Crippen molar-refractivity contribution in [2.24, 2.45) is 28.6 Å². The predicted octanol–water partition coefficient (Wildman–Crippen LogP) is 5.28. The van der Waals surface area contributed by atoms with E-state index in [4.69, 9.17) is 0 Å². The zero-order chi connectivity index (χ0) is 12.0. The Hall–Kier alpha value is 0. The molecule has 0 spiro atoms. The maximum absolute atomic E-state index is 2.57. The van der Waals surface area contributed by atoms with Crippen LogP contribution in [0.25, 0.3) is 0 Å². The first-order valence-corrected chi connectivity index (χ1v) is 7.34. The summed E-state index contributed by atoms with van der Waals surface area (Å²) in [6, 6.07) is 0. The molecule has 0 aromatic carbocycles. The lowest BCUT2D eigenvalue weighted by Crippen LogP contribution is -2.34. The zero-order valence-corrected chi connectivity index (χ0v) is 12.0. The Kier molecular flexibility index (Phi) is 3.14. The molecule has 0 heterocycles. The molecule has 16 heavy (non-hydrogen) atoms. The summed E-state index contributed by atoms with van der Waals surface area (Å²) < 4.78 is 0. The van der Waals surface area contributed by atoms with E-state index in [1.54, 1.807) is 12.8 Å². The van der Waals surface area contributed by atoms with Crippen LogP contribution < -0.4 is 0 Å². The van der Waals surface area contributed by atoms with Crippen LogP contribution in [0.4, 0.5) is 0 Å². The third kappa shape index (κ3) is 2.31. The number of fused-ring (bicyclic) bond motifs is 2. The van der Waals surface area contributed by atoms with Crippen molar-refractivity contribution < 1.29 is 0 Å². The Bertz CT molecular complexity index is 247. The average Bonchev–Trinajstić information content (AvgIpc) is 2.75. The first-order chi connectivity index (χ1) is 7.34. The third-order valence-corrected chi connectivity index (χ3v) is 5.38. The standard InChI is InChI=1S/C16H30/c1-6-16(5,11-15(2,3)4)14-10-12-7-8-13(14)9-12/h12-14H,6-11H2,1-5H3. The molecule has 0 amide bonds. The van der Waals surface area contributed by atoms with E-state index in [1.165, 1.54) is 25.7 Å². The Morgan fingerprint density at radius 1 is 1.00 bits per heavy atom. The first kappa shape index (κ1) is 12.5. The minimum absolute atomic E-state index is 0.493. The number of hydrogen-bond acceptors (Lipinski definition) is 0. The van der Waals surface area contributed by atoms with Crippen LogP contribution in [-0.2, 0) is 0 Å². The quantitative estimate of drug-likeness (QED) is 0.610. The largest absolute Gasteiger partial charge is 0.0649 e. The van der Waals surface area contributed by atoms with E-state index in [2.05, 4.69) is 34.6 Å². The molecular weight excluding hydrogens is 192 g/mol. The van der Waals surface area contributed by atoms with Gasteiger partial charge in [-0.3, -0.25) is 0 Å². The van der Waals surface area contributed by atoms with Crippen molar-refractivity contribution in [3.63, 3.8) is 0 Å². The summed E-state index contributed by atoms with van der Waals surface area (Å²) in [5, 5.41) is 0. The highest BCUT2D eigenvalue weighted by Gasteiger charge is 2.48. The summed E-state index contributed by atoms with van der Waals surface area (Å²) in [5.41, 5.74) is 1.10. The van der Waals surface area contributed by atoms with E-state index in [-0.39, 0.29) is 0 Å². The molecule has 2 bridgehead atoms. The Balaban J connectivity index is 2.09. The van der Waals surface area contributed by atoms with Gasteiger partial charge in [0.2, 0.25) is 0 Å². The second-order valence-corrected chi connectivity index (χ2v) is 8.03. The molecule has 94 valence electrons. The van der Waals surface area contributed by atoms with Crippen molar-refractivity contribution in [3.8, 4) is 0 Å². The van der Waals surface area contributed by atoms with Gasteiger partial charge in [-0.2, -0.15) is 0 Å². The molecule has 4 unspecified atom stereocenters. The Morgan fingerprint density at radius 2 is 1.69 bits per heavy atom. The number of rotatable bonds is 3. The van der Waals surface area contributed by atoms with Crippen molar-refractivity contribution >= 4 is 0 Å². The van der Waals surface area contributed by atoms with Gasteiger partial charge in [-0.05, 0) is 54.3 Å². The monoisotopic (exact) mass is 222 g/mol. The van der Waals surface area contributed by atoms with E-state index in [9.17, 15) is 0 Å². The highest BCUT2D eigenvalue weighted by Crippen LogP contribution is 2.58. The summed E-state index contributed by atoms with van der Waals surface area (Å²) >= 11 is 0. The molecule has 0 N–H and O–H groups in total. The summed E-state index contributed by atoms with van der Waals surface area (Å²) in [6.07, 6.45) is 8.96. The van der Waals surface area contributed by atoms with Crippen LogP contribution in [-0.4, -0.2) is 0 Å². The van der Waals surface area contributed by atoms with Gasteiger partial charge in [-0.15, -0.1) is 0 Å². The summed E-state index contributed by atoms with van der Waals surface area (Å²) in [7, 11) is 0. The van der Waals surface area contributed by atoms with Crippen molar-refractivity contribution in [1.82, 2.24) is 0 Å². The fraction of sp³-hybridized carbons (Fsp3) is 1.00. The average molecular weight is 222 g/mol. The highest BCUT2D eigenvalue weighted by atomic mass is 14.5. The van der Waals surface area contributed by atoms with E-state index in [0.717, 1.165) is 17.8 Å². The predicted molar refractivity (Wildman–Crippen MR) is 71.4 cm³/mol. The topological polar surface area (TPSA) is 0 Å². The fourth-order valence-electron chi connectivity index (χ4n) is 4.83. The van der Waals surface area contributed by atoms with Gasteiger partial charge in [0.1, 0.15) is 0 Å². The van der Waals surface area contributed by atoms with Crippen LogP contribution in [0.5, 0.6) is 0 Å². The van der Waals surface area contributed by atoms with E-state index in [0.29, 0.717) is 10.8 Å². The molecule has 0 aromatic heterocycles. The van der Waals surface area contributed by atoms with E-state index < -0.39 is 0 Å². The second-order valence-electron chi connectivity index (χ2n) is 8.03. The molecule has 2 fully saturated rings. The molecule has 4 atom stereocenters. The van der Waals surface area contributed by atoms with Crippen molar-refractivity contribution in [2.75, 3.05) is 0 Å². The lowest BCUT2D eigenvalue weighted by molar-refractivity contribution is 0.0647. The van der Waals surface area contributed by atoms with Crippen LogP contribution in [0.2, 0.25) is 0 Å². The summed E-state index contributed by atoms with van der Waals surface area (Å²) in [4.78, 5) is 0. The van der Waals surface area contributed by atoms with Crippen LogP contribution >= 0.6 is 0 Å².